The van der Waals surface area contributed by atoms with Crippen molar-refractivity contribution in [1.29, 1.82) is 0 Å². The second-order valence-electron chi connectivity index (χ2n) is 10.6. The molecule has 8 amide bonds. The quantitative estimate of drug-likeness (QED) is 0.0972. The highest BCUT2D eigenvalue weighted by atomic mass is 16.5. The van der Waals surface area contributed by atoms with Gasteiger partial charge < -0.3 is 31.7 Å². The molecule has 44 heavy (non-hydrogen) atoms. The van der Waals surface area contributed by atoms with Gasteiger partial charge in [-0.2, -0.15) is 4.79 Å². The van der Waals surface area contributed by atoms with Crippen LogP contribution in [0.25, 0.3) is 0 Å². The molecule has 15 heteroatoms. The molecule has 0 aromatic heterocycles. The van der Waals surface area contributed by atoms with E-state index in [4.69, 9.17) is 10.5 Å². The van der Waals surface area contributed by atoms with Crippen molar-refractivity contribution in [2.45, 2.75) is 71.1 Å². The monoisotopic (exact) mass is 616 g/mol. The van der Waals surface area contributed by atoms with E-state index in [1.807, 2.05) is 0 Å². The number of benzene rings is 1. The number of imide groups is 1. The predicted molar refractivity (Wildman–Crippen MR) is 158 cm³/mol. The highest BCUT2D eigenvalue weighted by Gasteiger charge is 2.29. The molecule has 1 aliphatic rings. The van der Waals surface area contributed by atoms with Crippen molar-refractivity contribution in [3.05, 3.63) is 42.0 Å². The maximum atomic E-state index is 13.3. The minimum absolute atomic E-state index is 0.0305. The van der Waals surface area contributed by atoms with E-state index in [1.165, 1.54) is 12.2 Å². The number of nitrogens with two attached hydrogens (primary N) is 1. The lowest BCUT2D eigenvalue weighted by Gasteiger charge is -2.25. The van der Waals surface area contributed by atoms with Crippen molar-refractivity contribution in [2.24, 2.45) is 11.7 Å². The van der Waals surface area contributed by atoms with Crippen LogP contribution in [0.1, 0.15) is 57.9 Å². The van der Waals surface area contributed by atoms with Crippen LogP contribution in [0.15, 0.2) is 36.4 Å². The van der Waals surface area contributed by atoms with Gasteiger partial charge in [0.1, 0.15) is 18.7 Å². The summed E-state index contributed by atoms with van der Waals surface area (Å²) in [5.41, 5.74) is 9.38. The summed E-state index contributed by atoms with van der Waals surface area (Å²) in [5, 5.41) is 10.6. The number of primary amides is 1. The zero-order valence-electron chi connectivity index (χ0n) is 25.1. The van der Waals surface area contributed by atoms with Crippen molar-refractivity contribution in [2.75, 3.05) is 18.4 Å². The van der Waals surface area contributed by atoms with Crippen LogP contribution in [-0.4, -0.2) is 71.7 Å². The maximum absolute atomic E-state index is 13.3. The molecule has 1 aliphatic heterocycles. The van der Waals surface area contributed by atoms with Crippen LogP contribution in [-0.2, 0) is 35.3 Å². The Balaban J connectivity index is 1.94. The minimum atomic E-state index is -0.993. The molecule has 0 radical (unpaired) electrons. The first-order valence-electron chi connectivity index (χ1n) is 14.4. The third-order valence-corrected chi connectivity index (χ3v) is 6.67. The Kier molecular flexibility index (Phi) is 14.5. The number of unbranched alkanes of at least 4 members (excludes halogenated alkanes) is 2. The molecule has 0 aliphatic carbocycles. The summed E-state index contributed by atoms with van der Waals surface area (Å²) in [4.78, 5) is 85.4. The molecule has 0 saturated carbocycles. The standard InChI is InChI=1S/C29H41N7O8/c1-18(2)25(35-22(37)8-4-3-5-16-36-23(38)13-14-24(36)39)27(41)34-21(7-6-15-32-28(30)42)26(40)33-20-11-9-19(10-12-20)17-44-29(31)43/h9-14,18,21,25H,3-8,15-17H2,1-2H3,(H2,31,43)(H,33,40)(H,34,41)(H,35,37)(H3,30,32,42)/p+1/t21-,25-/m0/s1. The summed E-state index contributed by atoms with van der Waals surface area (Å²) in [5.74, 6) is -2.37. The lowest BCUT2D eigenvalue weighted by atomic mass is 10.0. The van der Waals surface area contributed by atoms with Crippen LogP contribution in [0, 0.1) is 5.92 Å². The first-order chi connectivity index (χ1) is 20.9. The number of nitrogens with one attached hydrogen (secondary N) is 4. The van der Waals surface area contributed by atoms with Gasteiger partial charge in [-0.3, -0.25) is 34.6 Å². The van der Waals surface area contributed by atoms with E-state index in [9.17, 15) is 33.6 Å². The zero-order valence-corrected chi connectivity index (χ0v) is 25.1. The number of hydrogen-bond donors (Lipinski definition) is 6. The first kappa shape index (κ1) is 35.4. The number of urea groups is 1. The zero-order chi connectivity index (χ0) is 32.6. The third-order valence-electron chi connectivity index (χ3n) is 6.67. The van der Waals surface area contributed by atoms with Crippen LogP contribution in [0.4, 0.5) is 15.3 Å². The number of rotatable bonds is 18. The average molecular weight is 617 g/mol. The molecular formula is C29H42N7O8+. The number of hydrogen-bond acceptors (Lipinski definition) is 8. The Morgan fingerprint density at radius 2 is 1.57 bits per heavy atom. The van der Waals surface area contributed by atoms with E-state index in [0.717, 1.165) is 4.90 Å². The number of nitrogens with zero attached hydrogens (tertiary/aromatic N) is 1. The van der Waals surface area contributed by atoms with Gasteiger partial charge in [-0.05, 0) is 49.3 Å². The second kappa shape index (κ2) is 18.0. The molecule has 0 saturated heterocycles. The molecule has 0 bridgehead atoms. The van der Waals surface area contributed by atoms with Crippen LogP contribution in [0.5, 0.6) is 0 Å². The van der Waals surface area contributed by atoms with Gasteiger partial charge in [0.05, 0.1) is 0 Å². The fraction of sp³-hybridized carbons (Fsp3) is 0.483. The molecule has 1 heterocycles. The van der Waals surface area contributed by atoms with E-state index in [-0.39, 0.29) is 56.2 Å². The summed E-state index contributed by atoms with van der Waals surface area (Å²) in [6, 6.07) is 3.94. The number of quaternary nitrogens is 1. The number of amides is 8. The van der Waals surface area contributed by atoms with Gasteiger partial charge in [-0.25, -0.2) is 4.79 Å². The van der Waals surface area contributed by atoms with E-state index in [2.05, 4.69) is 27.0 Å². The smallest absolute Gasteiger partial charge is 0.415 e. The molecule has 2 atom stereocenters. The van der Waals surface area contributed by atoms with Crippen molar-refractivity contribution < 1.29 is 44.0 Å². The van der Waals surface area contributed by atoms with Crippen molar-refractivity contribution in [1.82, 2.24) is 20.9 Å². The van der Waals surface area contributed by atoms with Crippen LogP contribution >= 0.6 is 0 Å². The average Bonchev–Trinajstić information content (AvgIpc) is 3.28. The summed E-state index contributed by atoms with van der Waals surface area (Å²) >= 11 is 0. The number of carbonyl (C=O) groups is 7. The number of carbonyl (C=O) groups excluding carboxylic acids is 7. The molecule has 240 valence electrons. The van der Waals surface area contributed by atoms with Crippen molar-refractivity contribution >= 4 is 47.3 Å². The lowest BCUT2D eigenvalue weighted by Crippen LogP contribution is -2.56. The number of anilines is 1. The van der Waals surface area contributed by atoms with Crippen molar-refractivity contribution in [3.8, 4) is 0 Å². The molecule has 0 fully saturated rings. The van der Waals surface area contributed by atoms with Crippen LogP contribution in [0.3, 0.4) is 0 Å². The van der Waals surface area contributed by atoms with E-state index in [1.54, 1.807) is 38.1 Å². The van der Waals surface area contributed by atoms with Gasteiger partial charge in [0.25, 0.3) is 11.8 Å². The molecule has 2 rings (SSSR count). The van der Waals surface area contributed by atoms with Gasteiger partial charge in [-0.15, -0.1) is 0 Å². The van der Waals surface area contributed by atoms with Gasteiger partial charge >= 0.3 is 12.1 Å². The van der Waals surface area contributed by atoms with Gasteiger partial charge in [0, 0.05) is 37.3 Å². The fourth-order valence-corrected chi connectivity index (χ4v) is 4.29. The molecular weight excluding hydrogens is 574 g/mol. The molecule has 15 nitrogen and oxygen atoms in total. The Morgan fingerprint density at radius 3 is 2.16 bits per heavy atom. The van der Waals surface area contributed by atoms with Crippen LogP contribution in [0.2, 0.25) is 0 Å². The lowest BCUT2D eigenvalue weighted by molar-refractivity contribution is -0.284. The van der Waals surface area contributed by atoms with Crippen molar-refractivity contribution in [3.63, 3.8) is 0 Å². The molecule has 9 N–H and O–H groups in total. The van der Waals surface area contributed by atoms with Gasteiger partial charge in [-0.1, -0.05) is 32.4 Å². The van der Waals surface area contributed by atoms with Gasteiger partial charge in [0.2, 0.25) is 17.7 Å². The predicted octanol–water partition coefficient (Wildman–Crippen LogP) is 0.0631. The van der Waals surface area contributed by atoms with Crippen LogP contribution < -0.4 is 32.7 Å². The van der Waals surface area contributed by atoms with Gasteiger partial charge in [0.15, 0.2) is 0 Å². The fourth-order valence-electron chi connectivity index (χ4n) is 4.29. The Labute approximate surface area is 255 Å². The van der Waals surface area contributed by atoms with E-state index >= 15 is 0 Å². The first-order valence-corrected chi connectivity index (χ1v) is 14.4. The Morgan fingerprint density at radius 1 is 0.909 bits per heavy atom. The topological polar surface area (TPSA) is 234 Å². The molecule has 1 aromatic carbocycles. The minimum Gasteiger partial charge on any atom is -0.415 e. The second-order valence-corrected chi connectivity index (χ2v) is 10.6. The molecule has 0 unspecified atom stereocenters. The summed E-state index contributed by atoms with van der Waals surface area (Å²) in [6.45, 7) is 4.03. The van der Waals surface area contributed by atoms with E-state index < -0.39 is 36.0 Å². The third kappa shape index (κ3) is 12.6. The molecule has 1 aromatic rings. The van der Waals surface area contributed by atoms with E-state index in [0.29, 0.717) is 36.9 Å². The highest BCUT2D eigenvalue weighted by molar-refractivity contribution is 6.12. The Hall–Kier alpha value is -4.79. The summed E-state index contributed by atoms with van der Waals surface area (Å²) < 4.78 is 4.85. The molecule has 0 spiro atoms. The summed E-state index contributed by atoms with van der Waals surface area (Å²) in [7, 11) is 0. The normalized spacial score (nSPS) is 13.8. The maximum Gasteiger partial charge on any atom is 0.511 e. The number of ether oxygens (including phenoxy) is 1. The highest BCUT2D eigenvalue weighted by Crippen LogP contribution is 2.13. The Bertz CT molecular complexity index is 1210. The SMILES string of the molecule is CC(C)[C@H](NC(=O)CCCCCN1C(=O)C=CC1=O)C(=O)N[C@@H](CCCNC(N)=O)C(=O)Nc1ccc(COC([NH3+])=O)cc1. The largest absolute Gasteiger partial charge is 0.511 e. The summed E-state index contributed by atoms with van der Waals surface area (Å²) in [6.07, 6.45) is 4.09.